The molecule has 8 heteroatoms. The number of carbonyl (C=O) groups is 4. The van der Waals surface area contributed by atoms with E-state index in [9.17, 15) is 19.2 Å². The average Bonchev–Trinajstić information content (AvgIpc) is 2.75. The van der Waals surface area contributed by atoms with Gasteiger partial charge in [0.1, 0.15) is 0 Å². The number of unbranched alkanes of at least 4 members (excludes halogenated alkanes) is 1. The summed E-state index contributed by atoms with van der Waals surface area (Å²) in [5.74, 6) is -1.36. The molecular weight excluding hydrogens is 282 g/mol. The van der Waals surface area contributed by atoms with Crippen LogP contribution in [-0.2, 0) is 28.7 Å². The molecule has 2 amide bonds. The van der Waals surface area contributed by atoms with Crippen molar-refractivity contribution in [2.24, 2.45) is 0 Å². The lowest BCUT2D eigenvalue weighted by molar-refractivity contribution is -0.177. The number of amides is 2. The molecule has 0 aliphatic carbocycles. The summed E-state index contributed by atoms with van der Waals surface area (Å²) in [5.41, 5.74) is 0. The van der Waals surface area contributed by atoms with E-state index in [1.165, 1.54) is 0 Å². The van der Waals surface area contributed by atoms with Crippen LogP contribution < -0.4 is 0 Å². The van der Waals surface area contributed by atoms with Gasteiger partial charge in [-0.3, -0.25) is 19.2 Å². The molecule has 0 atom stereocenters. The zero-order chi connectivity index (χ0) is 15.7. The maximum absolute atomic E-state index is 11.2. The highest BCUT2D eigenvalue weighted by atomic mass is 16.8. The topological polar surface area (TPSA) is 99.2 Å². The molecule has 1 fully saturated rings. The van der Waals surface area contributed by atoms with Gasteiger partial charge in [0, 0.05) is 19.3 Å². The van der Waals surface area contributed by atoms with Gasteiger partial charge in [0.15, 0.2) is 0 Å². The first kappa shape index (κ1) is 16.9. The van der Waals surface area contributed by atoms with Crippen molar-refractivity contribution in [3.8, 4) is 0 Å². The second kappa shape index (κ2) is 8.93. The van der Waals surface area contributed by atoms with E-state index >= 15 is 0 Å². The van der Waals surface area contributed by atoms with Crippen molar-refractivity contribution >= 4 is 23.9 Å². The van der Waals surface area contributed by atoms with Crippen LogP contribution in [0, 0.1) is 0 Å². The van der Waals surface area contributed by atoms with Gasteiger partial charge < -0.3 is 9.47 Å². The minimum Gasteiger partial charge on any atom is -0.466 e. The fourth-order valence-electron chi connectivity index (χ4n) is 1.58. The third-order valence-electron chi connectivity index (χ3n) is 2.65. The number of rotatable bonds is 8. The van der Waals surface area contributed by atoms with E-state index in [-0.39, 0.29) is 32.0 Å². The normalized spacial score (nSPS) is 14.2. The highest BCUT2D eigenvalue weighted by Crippen LogP contribution is 2.12. The van der Waals surface area contributed by atoms with E-state index in [1.807, 2.05) is 6.92 Å². The molecule has 1 aliphatic rings. The Labute approximate surface area is 122 Å². The number of imide groups is 1. The lowest BCUT2D eigenvalue weighted by atomic mass is 10.3. The fourth-order valence-corrected chi connectivity index (χ4v) is 1.58. The van der Waals surface area contributed by atoms with Crippen molar-refractivity contribution in [2.45, 2.75) is 45.4 Å². The number of ether oxygens (including phenoxy) is 2. The van der Waals surface area contributed by atoms with Crippen LogP contribution >= 0.6 is 0 Å². The fraction of sp³-hybridized carbons (Fsp3) is 0.692. The Kier molecular flexibility index (Phi) is 7.20. The van der Waals surface area contributed by atoms with Gasteiger partial charge in [-0.05, 0) is 19.3 Å². The lowest BCUT2D eigenvalue weighted by Crippen LogP contribution is -2.32. The lowest BCUT2D eigenvalue weighted by Gasteiger charge is -2.12. The first-order valence-corrected chi connectivity index (χ1v) is 6.90. The Bertz CT molecular complexity index is 391. The van der Waals surface area contributed by atoms with E-state index < -0.39 is 18.0 Å². The summed E-state index contributed by atoms with van der Waals surface area (Å²) in [6, 6.07) is 0. The molecule has 1 aliphatic heterocycles. The molecule has 0 radical (unpaired) electrons. The van der Waals surface area contributed by atoms with Crippen LogP contribution in [0.15, 0.2) is 0 Å². The van der Waals surface area contributed by atoms with Gasteiger partial charge in [0.25, 0.3) is 11.8 Å². The summed E-state index contributed by atoms with van der Waals surface area (Å²) in [7, 11) is 0. The summed E-state index contributed by atoms with van der Waals surface area (Å²) in [6.45, 7) is 2.21. The van der Waals surface area contributed by atoms with Gasteiger partial charge in [-0.2, -0.15) is 0 Å². The molecule has 0 bridgehead atoms. The van der Waals surface area contributed by atoms with Gasteiger partial charge in [0.05, 0.1) is 13.2 Å². The predicted molar refractivity (Wildman–Crippen MR) is 68.6 cm³/mol. The Hall–Kier alpha value is -2.12. The molecule has 0 N–H and O–H groups in total. The Morgan fingerprint density at radius 3 is 2.19 bits per heavy atom. The third kappa shape index (κ3) is 6.24. The zero-order valence-corrected chi connectivity index (χ0v) is 12.0. The summed E-state index contributed by atoms with van der Waals surface area (Å²) < 4.78 is 9.62. The van der Waals surface area contributed by atoms with Crippen LogP contribution in [0.5, 0.6) is 0 Å². The number of hydroxylamine groups is 2. The standard InChI is InChI=1S/C13H19NO7/c1-2-5-12(17)19-8-3-4-9-20-13(18)21-14-10(15)6-7-11(14)16/h2-9H2,1H3. The first-order chi connectivity index (χ1) is 10.0. The molecule has 0 aromatic carbocycles. The first-order valence-electron chi connectivity index (χ1n) is 6.90. The molecule has 118 valence electrons. The highest BCUT2D eigenvalue weighted by molar-refractivity contribution is 6.01. The number of carbonyl (C=O) groups excluding carboxylic acids is 4. The number of nitrogens with zero attached hydrogens (tertiary/aromatic N) is 1. The minimum absolute atomic E-state index is 0.0369. The monoisotopic (exact) mass is 301 g/mol. The van der Waals surface area contributed by atoms with Crippen molar-refractivity contribution in [3.63, 3.8) is 0 Å². The van der Waals surface area contributed by atoms with E-state index in [0.717, 1.165) is 6.42 Å². The molecule has 0 aromatic rings. The van der Waals surface area contributed by atoms with Crippen LogP contribution in [0.2, 0.25) is 0 Å². The van der Waals surface area contributed by atoms with E-state index in [4.69, 9.17) is 9.47 Å². The van der Waals surface area contributed by atoms with Crippen LogP contribution in [0.4, 0.5) is 4.79 Å². The van der Waals surface area contributed by atoms with Crippen molar-refractivity contribution in [1.29, 1.82) is 0 Å². The SMILES string of the molecule is CCCC(=O)OCCCCOC(=O)ON1C(=O)CCC1=O. The van der Waals surface area contributed by atoms with Gasteiger partial charge in [-0.25, -0.2) is 4.79 Å². The van der Waals surface area contributed by atoms with Gasteiger partial charge in [-0.15, -0.1) is 0 Å². The Morgan fingerprint density at radius 2 is 1.62 bits per heavy atom. The molecule has 0 unspecified atom stereocenters. The third-order valence-corrected chi connectivity index (χ3v) is 2.65. The van der Waals surface area contributed by atoms with E-state index in [0.29, 0.717) is 24.3 Å². The maximum Gasteiger partial charge on any atom is 0.533 e. The van der Waals surface area contributed by atoms with Crippen LogP contribution in [0.25, 0.3) is 0 Å². The predicted octanol–water partition coefficient (Wildman–Crippen LogP) is 1.33. The molecule has 21 heavy (non-hydrogen) atoms. The molecular formula is C13H19NO7. The molecule has 0 aromatic heterocycles. The second-order valence-electron chi connectivity index (χ2n) is 4.45. The van der Waals surface area contributed by atoms with Crippen molar-refractivity contribution in [2.75, 3.05) is 13.2 Å². The van der Waals surface area contributed by atoms with Crippen molar-refractivity contribution in [1.82, 2.24) is 5.06 Å². The second-order valence-corrected chi connectivity index (χ2v) is 4.45. The molecule has 1 rings (SSSR count). The molecule has 0 spiro atoms. The molecule has 1 saturated heterocycles. The molecule has 8 nitrogen and oxygen atoms in total. The average molecular weight is 301 g/mol. The van der Waals surface area contributed by atoms with Crippen LogP contribution in [0.3, 0.4) is 0 Å². The summed E-state index contributed by atoms with van der Waals surface area (Å²) in [5, 5.41) is 0.425. The number of hydrogen-bond acceptors (Lipinski definition) is 7. The summed E-state index contributed by atoms with van der Waals surface area (Å²) in [4.78, 5) is 49.1. The van der Waals surface area contributed by atoms with Crippen molar-refractivity contribution in [3.05, 3.63) is 0 Å². The zero-order valence-electron chi connectivity index (χ0n) is 12.0. The van der Waals surface area contributed by atoms with Gasteiger partial charge in [-0.1, -0.05) is 12.0 Å². The summed E-state index contributed by atoms with van der Waals surface area (Å²) in [6.07, 6.45) is 1.13. The Morgan fingerprint density at radius 1 is 1.05 bits per heavy atom. The smallest absolute Gasteiger partial charge is 0.466 e. The highest BCUT2D eigenvalue weighted by Gasteiger charge is 2.33. The maximum atomic E-state index is 11.2. The summed E-state index contributed by atoms with van der Waals surface area (Å²) >= 11 is 0. The van der Waals surface area contributed by atoms with Gasteiger partial charge >= 0.3 is 12.1 Å². The molecule has 1 heterocycles. The van der Waals surface area contributed by atoms with E-state index in [2.05, 4.69) is 4.84 Å². The minimum atomic E-state index is -1.10. The number of hydrogen-bond donors (Lipinski definition) is 0. The largest absolute Gasteiger partial charge is 0.533 e. The quantitative estimate of drug-likeness (QED) is 0.379. The van der Waals surface area contributed by atoms with Crippen molar-refractivity contribution < 1.29 is 33.5 Å². The van der Waals surface area contributed by atoms with E-state index in [1.54, 1.807) is 0 Å². The Balaban J connectivity index is 2.05. The molecule has 0 saturated carbocycles. The van der Waals surface area contributed by atoms with Crippen LogP contribution in [-0.4, -0.2) is 42.2 Å². The number of esters is 1. The van der Waals surface area contributed by atoms with Crippen LogP contribution in [0.1, 0.15) is 45.4 Å². The van der Waals surface area contributed by atoms with Gasteiger partial charge in [0.2, 0.25) is 0 Å².